The summed E-state index contributed by atoms with van der Waals surface area (Å²) in [6.07, 6.45) is 5.11. The van der Waals surface area contributed by atoms with Crippen molar-refractivity contribution in [1.29, 1.82) is 0 Å². The van der Waals surface area contributed by atoms with E-state index in [9.17, 15) is 18.4 Å². The van der Waals surface area contributed by atoms with Gasteiger partial charge in [-0.1, -0.05) is 48.6 Å². The van der Waals surface area contributed by atoms with E-state index in [1.165, 1.54) is 24.0 Å². The van der Waals surface area contributed by atoms with Crippen LogP contribution in [0.4, 0.5) is 14.5 Å². The number of aromatic nitrogens is 1. The van der Waals surface area contributed by atoms with Crippen molar-refractivity contribution >= 4 is 35.3 Å². The number of carboxylic acids is 1. The summed E-state index contributed by atoms with van der Waals surface area (Å²) in [5.41, 5.74) is 3.14. The van der Waals surface area contributed by atoms with Gasteiger partial charge in [-0.05, 0) is 60.4 Å². The highest BCUT2D eigenvalue weighted by Gasteiger charge is 2.41. The van der Waals surface area contributed by atoms with Crippen LogP contribution in [0.25, 0.3) is 11.1 Å². The first-order chi connectivity index (χ1) is 17.7. The Bertz CT molecular complexity index is 1270. The fraction of sp³-hybridized carbons (Fsp3) is 0.185. The van der Waals surface area contributed by atoms with Crippen LogP contribution in [0, 0.1) is 0 Å². The number of halogens is 2. The van der Waals surface area contributed by atoms with E-state index in [2.05, 4.69) is 20.9 Å². The maximum Gasteiger partial charge on any atom is 0.379 e. The van der Waals surface area contributed by atoms with Crippen molar-refractivity contribution in [3.05, 3.63) is 96.0 Å². The summed E-state index contributed by atoms with van der Waals surface area (Å²) in [5.74, 6) is -6.92. The van der Waals surface area contributed by atoms with Gasteiger partial charge in [0.1, 0.15) is 0 Å². The molecule has 0 unspecified atom stereocenters. The van der Waals surface area contributed by atoms with Gasteiger partial charge < -0.3 is 15.7 Å². The average Bonchev–Trinajstić information content (AvgIpc) is 2.91. The lowest BCUT2D eigenvalue weighted by atomic mass is 9.99. The lowest BCUT2D eigenvalue weighted by molar-refractivity contribution is -0.166. The number of benzene rings is 2. The molecule has 0 aliphatic rings. The molecule has 0 bridgehead atoms. The standard InChI is InChI=1S/C27H26F2N4O3S/c1-2-22(32-17-37)16-31-24(12-18-6-4-3-5-7-18)25(34)33-23-14-20(19-8-10-30-11-9-19)13-21(15-23)27(28,29)26(35)36/h2-11,13-15,17,24,31H,12,16H2,1H3,(H,32,37)(H,33,34)(H,35,36)/b22-2-/t24-/m0/s1. The molecule has 0 spiro atoms. The van der Waals surface area contributed by atoms with Gasteiger partial charge >= 0.3 is 11.9 Å². The van der Waals surface area contributed by atoms with Crippen LogP contribution in [0.3, 0.4) is 0 Å². The topological polar surface area (TPSA) is 103 Å². The van der Waals surface area contributed by atoms with Gasteiger partial charge in [-0.2, -0.15) is 8.78 Å². The smallest absolute Gasteiger partial charge is 0.379 e. The maximum atomic E-state index is 14.5. The monoisotopic (exact) mass is 524 g/mol. The Morgan fingerprint density at radius 1 is 1.08 bits per heavy atom. The Hall–Kier alpha value is -4.02. The highest BCUT2D eigenvalue weighted by atomic mass is 32.1. The van der Waals surface area contributed by atoms with Crippen LogP contribution in [-0.2, 0) is 21.9 Å². The van der Waals surface area contributed by atoms with Gasteiger partial charge in [0.05, 0.1) is 11.5 Å². The van der Waals surface area contributed by atoms with Crippen LogP contribution in [0.15, 0.2) is 84.8 Å². The summed E-state index contributed by atoms with van der Waals surface area (Å²) in [6, 6.07) is 15.4. The van der Waals surface area contributed by atoms with E-state index in [0.717, 1.165) is 23.4 Å². The molecule has 10 heteroatoms. The molecule has 7 nitrogen and oxygen atoms in total. The molecule has 0 fully saturated rings. The third-order valence-electron chi connectivity index (χ3n) is 5.58. The van der Waals surface area contributed by atoms with Crippen molar-refractivity contribution in [1.82, 2.24) is 15.6 Å². The van der Waals surface area contributed by atoms with Crippen LogP contribution in [-0.4, -0.2) is 40.0 Å². The number of aliphatic carboxylic acids is 1. The molecular weight excluding hydrogens is 498 g/mol. The number of amides is 1. The number of thiocarbonyl (C=S) groups is 1. The number of carbonyl (C=O) groups is 2. The zero-order valence-electron chi connectivity index (χ0n) is 19.9. The summed E-state index contributed by atoms with van der Waals surface area (Å²) in [5, 5.41) is 17.9. The minimum Gasteiger partial charge on any atom is -0.477 e. The van der Waals surface area contributed by atoms with Crippen molar-refractivity contribution in [2.24, 2.45) is 0 Å². The minimum atomic E-state index is -4.16. The second-order valence-electron chi connectivity index (χ2n) is 8.10. The average molecular weight is 525 g/mol. The van der Waals surface area contributed by atoms with Crippen LogP contribution >= 0.6 is 12.2 Å². The zero-order chi connectivity index (χ0) is 26.8. The Morgan fingerprint density at radius 3 is 2.41 bits per heavy atom. The molecule has 0 aliphatic heterocycles. The minimum absolute atomic E-state index is 0.0402. The number of alkyl halides is 2. The number of hydrogen-bond acceptors (Lipinski definition) is 5. The molecule has 1 heterocycles. The molecule has 192 valence electrons. The highest BCUT2D eigenvalue weighted by molar-refractivity contribution is 7.78. The number of hydrogen-bond donors (Lipinski definition) is 4. The predicted molar refractivity (Wildman–Crippen MR) is 142 cm³/mol. The Labute approximate surface area is 218 Å². The van der Waals surface area contributed by atoms with E-state index in [1.807, 2.05) is 43.3 Å². The number of nitrogens with zero attached hydrogens (tertiary/aromatic N) is 1. The van der Waals surface area contributed by atoms with E-state index >= 15 is 0 Å². The molecule has 0 saturated heterocycles. The summed E-state index contributed by atoms with van der Waals surface area (Å²) < 4.78 is 29.0. The molecule has 37 heavy (non-hydrogen) atoms. The van der Waals surface area contributed by atoms with E-state index in [1.54, 1.807) is 12.1 Å². The third kappa shape index (κ3) is 7.48. The predicted octanol–water partition coefficient (Wildman–Crippen LogP) is 4.52. The molecule has 1 aromatic heterocycles. The van der Waals surface area contributed by atoms with Crippen LogP contribution in [0.5, 0.6) is 0 Å². The Balaban J connectivity index is 1.94. The lowest BCUT2D eigenvalue weighted by Crippen LogP contribution is -2.44. The van der Waals surface area contributed by atoms with Gasteiger partial charge in [-0.15, -0.1) is 0 Å². The molecule has 4 N–H and O–H groups in total. The molecule has 0 radical (unpaired) electrons. The number of rotatable bonds is 12. The molecule has 3 aromatic rings. The van der Waals surface area contributed by atoms with E-state index in [-0.39, 0.29) is 5.69 Å². The largest absolute Gasteiger partial charge is 0.477 e. The number of carboxylic acid groups (broad SMARTS) is 1. The van der Waals surface area contributed by atoms with Crippen molar-refractivity contribution in [3.8, 4) is 11.1 Å². The first-order valence-corrected chi connectivity index (χ1v) is 11.8. The molecular formula is C27H26F2N4O3S. The maximum absolute atomic E-state index is 14.5. The van der Waals surface area contributed by atoms with Gasteiger partial charge in [-0.3, -0.25) is 15.1 Å². The van der Waals surface area contributed by atoms with Crippen LogP contribution < -0.4 is 16.0 Å². The molecule has 0 saturated carbocycles. The Kier molecular flexibility index (Phi) is 9.53. The molecule has 1 amide bonds. The number of carbonyl (C=O) groups excluding carboxylic acids is 1. The normalized spacial score (nSPS) is 12.5. The first-order valence-electron chi connectivity index (χ1n) is 11.3. The number of anilines is 1. The third-order valence-corrected chi connectivity index (χ3v) is 5.69. The van der Waals surface area contributed by atoms with Gasteiger partial charge in [0, 0.05) is 35.9 Å². The second kappa shape index (κ2) is 12.8. The van der Waals surface area contributed by atoms with E-state index < -0.39 is 29.4 Å². The van der Waals surface area contributed by atoms with Crippen molar-refractivity contribution in [2.75, 3.05) is 11.9 Å². The quantitative estimate of drug-likeness (QED) is 0.259. The molecule has 1 atom stereocenters. The SMILES string of the molecule is C/C=C(/CN[C@@H](Cc1ccccc1)C(=O)Nc1cc(-c2ccncc2)cc(C(F)(F)C(=O)O)c1)NC=S. The first kappa shape index (κ1) is 27.6. The van der Waals surface area contributed by atoms with Gasteiger partial charge in [-0.25, -0.2) is 4.79 Å². The summed E-state index contributed by atoms with van der Waals surface area (Å²) in [7, 11) is 0. The van der Waals surface area contributed by atoms with Crippen molar-refractivity contribution in [3.63, 3.8) is 0 Å². The lowest BCUT2D eigenvalue weighted by Gasteiger charge is -2.21. The number of allylic oxidation sites excluding steroid dienone is 1. The van der Waals surface area contributed by atoms with E-state index in [0.29, 0.717) is 24.1 Å². The van der Waals surface area contributed by atoms with Crippen molar-refractivity contribution < 1.29 is 23.5 Å². The van der Waals surface area contributed by atoms with Gasteiger partial charge in [0.2, 0.25) is 5.91 Å². The number of nitrogens with one attached hydrogen (secondary N) is 3. The van der Waals surface area contributed by atoms with Crippen LogP contribution in [0.2, 0.25) is 0 Å². The Morgan fingerprint density at radius 2 is 1.78 bits per heavy atom. The van der Waals surface area contributed by atoms with E-state index in [4.69, 9.17) is 17.3 Å². The van der Waals surface area contributed by atoms with Gasteiger partial charge in [0.25, 0.3) is 0 Å². The van der Waals surface area contributed by atoms with Gasteiger partial charge in [0.15, 0.2) is 0 Å². The zero-order valence-corrected chi connectivity index (χ0v) is 20.8. The molecule has 2 aromatic carbocycles. The number of pyridine rings is 1. The fourth-order valence-electron chi connectivity index (χ4n) is 3.60. The summed E-state index contributed by atoms with van der Waals surface area (Å²) >= 11 is 4.84. The second-order valence-corrected chi connectivity index (χ2v) is 8.34. The van der Waals surface area contributed by atoms with Crippen molar-refractivity contribution in [2.45, 2.75) is 25.3 Å². The molecule has 3 rings (SSSR count). The summed E-state index contributed by atoms with van der Waals surface area (Å²) in [4.78, 5) is 28.5. The molecule has 0 aliphatic carbocycles. The highest BCUT2D eigenvalue weighted by Crippen LogP contribution is 2.34. The fourth-order valence-corrected chi connectivity index (χ4v) is 3.75. The van der Waals surface area contributed by atoms with Crippen LogP contribution in [0.1, 0.15) is 18.1 Å². The summed E-state index contributed by atoms with van der Waals surface area (Å²) in [6.45, 7) is 2.12.